The van der Waals surface area contributed by atoms with E-state index in [0.29, 0.717) is 6.04 Å². The zero-order valence-electron chi connectivity index (χ0n) is 12.1. The van der Waals surface area contributed by atoms with E-state index in [4.69, 9.17) is 4.74 Å². The Morgan fingerprint density at radius 3 is 2.80 bits per heavy atom. The average molecular weight is 336 g/mol. The minimum atomic E-state index is 0.375. The van der Waals surface area contributed by atoms with Gasteiger partial charge in [-0.2, -0.15) is 0 Å². The van der Waals surface area contributed by atoms with Crippen LogP contribution in [0.5, 0.6) is 5.75 Å². The highest BCUT2D eigenvalue weighted by Crippen LogP contribution is 2.43. The number of methoxy groups -OCH3 is 1. The summed E-state index contributed by atoms with van der Waals surface area (Å²) in [5.74, 6) is 3.40. The van der Waals surface area contributed by atoms with E-state index in [1.807, 2.05) is 6.07 Å². The molecule has 1 fully saturated rings. The second-order valence-corrected chi connectivity index (χ2v) is 6.92. The van der Waals surface area contributed by atoms with Gasteiger partial charge in [-0.05, 0) is 77.7 Å². The Kier molecular flexibility index (Phi) is 4.18. The number of halogens is 1. The second kappa shape index (κ2) is 5.90. The van der Waals surface area contributed by atoms with E-state index in [9.17, 15) is 0 Å². The van der Waals surface area contributed by atoms with Crippen molar-refractivity contribution in [3.8, 4) is 5.75 Å². The van der Waals surface area contributed by atoms with E-state index < -0.39 is 0 Å². The van der Waals surface area contributed by atoms with Gasteiger partial charge in [0.2, 0.25) is 0 Å². The largest absolute Gasteiger partial charge is 0.496 e. The number of allylic oxidation sites excluding steroid dienone is 2. The normalized spacial score (nSPS) is 28.9. The van der Waals surface area contributed by atoms with Crippen molar-refractivity contribution < 1.29 is 4.74 Å². The van der Waals surface area contributed by atoms with E-state index in [-0.39, 0.29) is 0 Å². The molecule has 1 aromatic carbocycles. The monoisotopic (exact) mass is 335 g/mol. The fraction of sp³-hybridized carbons (Fsp3) is 0.529. The fourth-order valence-electron chi connectivity index (χ4n) is 3.53. The molecule has 0 aliphatic heterocycles. The van der Waals surface area contributed by atoms with Gasteiger partial charge in [0.05, 0.1) is 11.6 Å². The number of hydrogen-bond acceptors (Lipinski definition) is 2. The molecule has 3 rings (SSSR count). The average Bonchev–Trinajstić information content (AvgIpc) is 3.07. The maximum Gasteiger partial charge on any atom is 0.133 e. The first kappa shape index (κ1) is 14.2. The lowest BCUT2D eigenvalue weighted by atomic mass is 9.93. The van der Waals surface area contributed by atoms with E-state index in [1.54, 1.807) is 7.11 Å². The summed E-state index contributed by atoms with van der Waals surface area (Å²) >= 11 is 3.56. The van der Waals surface area contributed by atoms with Gasteiger partial charge in [-0.1, -0.05) is 18.2 Å². The van der Waals surface area contributed by atoms with E-state index in [0.717, 1.165) is 34.5 Å². The predicted octanol–water partition coefficient (Wildman–Crippen LogP) is 4.32. The highest BCUT2D eigenvalue weighted by Gasteiger charge is 2.35. The third-order valence-electron chi connectivity index (χ3n) is 4.78. The molecule has 1 N–H and O–H groups in total. The van der Waals surface area contributed by atoms with E-state index in [2.05, 4.69) is 52.5 Å². The van der Waals surface area contributed by atoms with Crippen LogP contribution in [0.15, 0.2) is 34.8 Å². The van der Waals surface area contributed by atoms with Gasteiger partial charge in [0.1, 0.15) is 5.75 Å². The van der Waals surface area contributed by atoms with Crippen molar-refractivity contribution in [1.29, 1.82) is 0 Å². The van der Waals surface area contributed by atoms with Crippen molar-refractivity contribution in [2.24, 2.45) is 17.8 Å². The van der Waals surface area contributed by atoms with Crippen molar-refractivity contribution in [2.45, 2.75) is 25.8 Å². The third-order valence-corrected chi connectivity index (χ3v) is 5.40. The molecule has 2 aliphatic carbocycles. The van der Waals surface area contributed by atoms with Gasteiger partial charge in [0.15, 0.2) is 0 Å². The van der Waals surface area contributed by atoms with E-state index >= 15 is 0 Å². The Balaban J connectivity index is 1.58. The Bertz CT molecular complexity index is 514. The molecule has 0 radical (unpaired) electrons. The third kappa shape index (κ3) is 2.79. The lowest BCUT2D eigenvalue weighted by Crippen LogP contribution is -2.27. The molecule has 3 heteroatoms. The van der Waals surface area contributed by atoms with Crippen LogP contribution in [0.4, 0.5) is 0 Å². The van der Waals surface area contributed by atoms with Crippen molar-refractivity contribution in [3.63, 3.8) is 0 Å². The standard InChI is InChI=1S/C17H22BrNO/c1-11(13-5-6-17(20-2)16(18)9-13)19-10-15-8-12-3-4-14(15)7-12/h3-6,9,11-12,14-15,19H,7-8,10H2,1-2H3. The van der Waals surface area contributed by atoms with Gasteiger partial charge >= 0.3 is 0 Å². The lowest BCUT2D eigenvalue weighted by molar-refractivity contribution is 0.392. The summed E-state index contributed by atoms with van der Waals surface area (Å²) < 4.78 is 6.30. The summed E-state index contributed by atoms with van der Waals surface area (Å²) in [4.78, 5) is 0. The summed E-state index contributed by atoms with van der Waals surface area (Å²) in [5, 5.41) is 3.69. The molecule has 0 saturated heterocycles. The Labute approximate surface area is 129 Å². The Morgan fingerprint density at radius 1 is 1.35 bits per heavy atom. The van der Waals surface area contributed by atoms with Crippen molar-refractivity contribution in [2.75, 3.05) is 13.7 Å². The molecule has 2 bridgehead atoms. The predicted molar refractivity (Wildman–Crippen MR) is 86.0 cm³/mol. The maximum absolute atomic E-state index is 5.28. The van der Waals surface area contributed by atoms with Crippen LogP contribution < -0.4 is 10.1 Å². The number of fused-ring (bicyclic) bond motifs is 2. The Morgan fingerprint density at radius 2 is 2.20 bits per heavy atom. The minimum absolute atomic E-state index is 0.375. The molecule has 108 valence electrons. The summed E-state index contributed by atoms with van der Waals surface area (Å²) in [6.45, 7) is 3.35. The zero-order valence-corrected chi connectivity index (χ0v) is 13.7. The maximum atomic E-state index is 5.28. The van der Waals surface area contributed by atoms with Gasteiger partial charge in [-0.3, -0.25) is 0 Å². The smallest absolute Gasteiger partial charge is 0.133 e. The molecule has 0 heterocycles. The van der Waals surface area contributed by atoms with Gasteiger partial charge in [0, 0.05) is 6.04 Å². The SMILES string of the molecule is COc1ccc(C(C)NCC2CC3C=CC2C3)cc1Br. The topological polar surface area (TPSA) is 21.3 Å². The zero-order chi connectivity index (χ0) is 14.1. The molecule has 0 amide bonds. The van der Waals surface area contributed by atoms with Crippen molar-refractivity contribution in [3.05, 3.63) is 40.4 Å². The quantitative estimate of drug-likeness (QED) is 0.809. The van der Waals surface area contributed by atoms with Crippen LogP contribution in [-0.4, -0.2) is 13.7 Å². The minimum Gasteiger partial charge on any atom is -0.496 e. The lowest BCUT2D eigenvalue weighted by Gasteiger charge is -2.22. The molecule has 1 saturated carbocycles. The first-order valence-corrected chi connectivity index (χ1v) is 8.22. The second-order valence-electron chi connectivity index (χ2n) is 6.06. The molecule has 4 unspecified atom stereocenters. The van der Waals surface area contributed by atoms with Gasteiger partial charge < -0.3 is 10.1 Å². The first-order chi connectivity index (χ1) is 9.67. The van der Waals surface area contributed by atoms with Crippen LogP contribution in [0.2, 0.25) is 0 Å². The Hall–Kier alpha value is -0.800. The first-order valence-electron chi connectivity index (χ1n) is 7.42. The number of hydrogen-bond donors (Lipinski definition) is 1. The molecule has 1 aromatic rings. The number of rotatable bonds is 5. The summed E-state index contributed by atoms with van der Waals surface area (Å²) in [7, 11) is 1.70. The molecule has 0 spiro atoms. The van der Waals surface area contributed by atoms with Crippen molar-refractivity contribution in [1.82, 2.24) is 5.32 Å². The van der Waals surface area contributed by atoms with Gasteiger partial charge in [-0.25, -0.2) is 0 Å². The van der Waals surface area contributed by atoms with Crippen LogP contribution in [-0.2, 0) is 0 Å². The summed E-state index contributed by atoms with van der Waals surface area (Å²) in [6.07, 6.45) is 7.59. The van der Waals surface area contributed by atoms with Crippen molar-refractivity contribution >= 4 is 15.9 Å². The molecular weight excluding hydrogens is 314 g/mol. The highest BCUT2D eigenvalue weighted by molar-refractivity contribution is 9.10. The molecule has 2 nitrogen and oxygen atoms in total. The summed E-state index contributed by atoms with van der Waals surface area (Å²) in [6, 6.07) is 6.69. The molecular formula is C17H22BrNO. The highest BCUT2D eigenvalue weighted by atomic mass is 79.9. The van der Waals surface area contributed by atoms with Gasteiger partial charge in [-0.15, -0.1) is 0 Å². The van der Waals surface area contributed by atoms with Crippen LogP contribution in [0.25, 0.3) is 0 Å². The van der Waals surface area contributed by atoms with Crippen LogP contribution in [0.3, 0.4) is 0 Å². The number of nitrogens with one attached hydrogen (secondary N) is 1. The molecule has 2 aliphatic rings. The van der Waals surface area contributed by atoms with E-state index in [1.165, 1.54) is 18.4 Å². The molecule has 0 aromatic heterocycles. The molecule has 4 atom stereocenters. The van der Waals surface area contributed by atoms with Crippen LogP contribution in [0, 0.1) is 17.8 Å². The van der Waals surface area contributed by atoms with Crippen LogP contribution in [0.1, 0.15) is 31.4 Å². The number of benzene rings is 1. The van der Waals surface area contributed by atoms with Crippen LogP contribution >= 0.6 is 15.9 Å². The summed E-state index contributed by atoms with van der Waals surface area (Å²) in [5.41, 5.74) is 1.30. The fourth-order valence-corrected chi connectivity index (χ4v) is 4.09. The molecule has 20 heavy (non-hydrogen) atoms. The number of ether oxygens (including phenoxy) is 1. The van der Waals surface area contributed by atoms with Gasteiger partial charge in [0.25, 0.3) is 0 Å².